The van der Waals surface area contributed by atoms with Crippen molar-refractivity contribution >= 4 is 21.4 Å². The van der Waals surface area contributed by atoms with Crippen LogP contribution in [-0.4, -0.2) is 8.42 Å². The third kappa shape index (κ3) is 3.36. The quantitative estimate of drug-likeness (QED) is 0.855. The van der Waals surface area contributed by atoms with Crippen molar-refractivity contribution in [3.05, 3.63) is 52.6 Å². The van der Waals surface area contributed by atoms with Crippen LogP contribution >= 0.6 is 0 Å². The van der Waals surface area contributed by atoms with Gasteiger partial charge in [0.25, 0.3) is 10.0 Å². The van der Waals surface area contributed by atoms with Crippen molar-refractivity contribution in [2.45, 2.75) is 32.6 Å². The molecule has 0 aliphatic heterocycles. The maximum absolute atomic E-state index is 12.6. The second kappa shape index (κ2) is 5.41. The van der Waals surface area contributed by atoms with Gasteiger partial charge in [0.2, 0.25) is 0 Å². The van der Waals surface area contributed by atoms with Crippen molar-refractivity contribution in [1.29, 1.82) is 0 Å². The van der Waals surface area contributed by atoms with Crippen LogP contribution in [0.2, 0.25) is 0 Å². The highest BCUT2D eigenvalue weighted by molar-refractivity contribution is 7.92. The van der Waals surface area contributed by atoms with Crippen LogP contribution in [0.25, 0.3) is 0 Å². The molecule has 21 heavy (non-hydrogen) atoms. The first-order valence-electron chi connectivity index (χ1n) is 6.67. The van der Waals surface area contributed by atoms with Gasteiger partial charge in [0, 0.05) is 11.4 Å². The van der Waals surface area contributed by atoms with Crippen molar-refractivity contribution in [2.75, 3.05) is 10.5 Å². The van der Waals surface area contributed by atoms with E-state index in [4.69, 9.17) is 5.73 Å². The van der Waals surface area contributed by atoms with Gasteiger partial charge in [-0.05, 0) is 74.2 Å². The third-order valence-corrected chi connectivity index (χ3v) is 4.82. The van der Waals surface area contributed by atoms with Gasteiger partial charge in [-0.3, -0.25) is 4.72 Å². The fourth-order valence-corrected chi connectivity index (χ4v) is 3.78. The summed E-state index contributed by atoms with van der Waals surface area (Å²) in [6, 6.07) is 9.01. The molecule has 0 radical (unpaired) electrons. The van der Waals surface area contributed by atoms with Gasteiger partial charge in [0.15, 0.2) is 0 Å². The van der Waals surface area contributed by atoms with Crippen molar-refractivity contribution in [1.82, 2.24) is 0 Å². The summed E-state index contributed by atoms with van der Waals surface area (Å²) in [4.78, 5) is 0.221. The van der Waals surface area contributed by atoms with E-state index in [9.17, 15) is 8.42 Å². The molecule has 0 fully saturated rings. The lowest BCUT2D eigenvalue weighted by Gasteiger charge is -2.14. The highest BCUT2D eigenvalue weighted by atomic mass is 32.2. The molecule has 0 atom stereocenters. The Morgan fingerprint density at radius 2 is 1.38 bits per heavy atom. The number of nitrogens with two attached hydrogens (primary N) is 1. The number of benzene rings is 2. The largest absolute Gasteiger partial charge is 0.398 e. The molecule has 0 bridgehead atoms. The number of hydrogen-bond donors (Lipinski definition) is 2. The second-order valence-electron chi connectivity index (χ2n) is 5.46. The zero-order chi connectivity index (χ0) is 15.8. The van der Waals surface area contributed by atoms with E-state index in [2.05, 4.69) is 4.72 Å². The van der Waals surface area contributed by atoms with Gasteiger partial charge in [0.1, 0.15) is 0 Å². The Balaban J connectivity index is 2.48. The van der Waals surface area contributed by atoms with Crippen LogP contribution < -0.4 is 10.5 Å². The minimum absolute atomic E-state index is 0.221. The van der Waals surface area contributed by atoms with Crippen LogP contribution in [0.15, 0.2) is 35.2 Å². The Labute approximate surface area is 126 Å². The zero-order valence-electron chi connectivity index (χ0n) is 12.7. The van der Waals surface area contributed by atoms with Gasteiger partial charge < -0.3 is 5.73 Å². The number of hydrogen-bond acceptors (Lipinski definition) is 3. The molecule has 0 aliphatic carbocycles. The fourth-order valence-electron chi connectivity index (χ4n) is 2.38. The molecular formula is C16H20N2O2S. The third-order valence-electron chi connectivity index (χ3n) is 3.31. The van der Waals surface area contributed by atoms with Crippen molar-refractivity contribution < 1.29 is 8.42 Å². The molecule has 2 aromatic carbocycles. The zero-order valence-corrected chi connectivity index (χ0v) is 13.5. The van der Waals surface area contributed by atoms with Gasteiger partial charge >= 0.3 is 0 Å². The minimum Gasteiger partial charge on any atom is -0.398 e. The molecule has 2 rings (SSSR count). The number of nitrogens with one attached hydrogen (secondary N) is 1. The molecule has 112 valence electrons. The molecule has 0 amide bonds. The Morgan fingerprint density at radius 1 is 0.857 bits per heavy atom. The highest BCUT2D eigenvalue weighted by Gasteiger charge is 2.19. The molecule has 0 unspecified atom stereocenters. The smallest absolute Gasteiger partial charge is 0.262 e. The van der Waals surface area contributed by atoms with E-state index in [0.717, 1.165) is 16.7 Å². The molecule has 0 heterocycles. The molecule has 2 aromatic rings. The SMILES string of the molecule is Cc1cc(C)cc(NS(=O)(=O)c2cc(C)cc(N)c2C)c1. The first kappa shape index (κ1) is 15.4. The van der Waals surface area contributed by atoms with Gasteiger partial charge in [-0.25, -0.2) is 8.42 Å². The number of sulfonamides is 1. The van der Waals surface area contributed by atoms with Crippen LogP contribution in [0.1, 0.15) is 22.3 Å². The molecule has 3 N–H and O–H groups in total. The standard InChI is InChI=1S/C16H20N2O2S/c1-10-5-11(2)7-14(6-10)18-21(19,20)16-9-12(3)8-15(17)13(16)4/h5-9,18H,17H2,1-4H3. The summed E-state index contributed by atoms with van der Waals surface area (Å²) >= 11 is 0. The summed E-state index contributed by atoms with van der Waals surface area (Å²) in [6.07, 6.45) is 0. The van der Waals surface area contributed by atoms with Gasteiger partial charge in [-0.15, -0.1) is 0 Å². The van der Waals surface area contributed by atoms with Crippen LogP contribution in [-0.2, 0) is 10.0 Å². The normalized spacial score (nSPS) is 11.4. The molecular weight excluding hydrogens is 284 g/mol. The summed E-state index contributed by atoms with van der Waals surface area (Å²) in [5, 5.41) is 0. The lowest BCUT2D eigenvalue weighted by atomic mass is 10.1. The molecule has 4 nitrogen and oxygen atoms in total. The monoisotopic (exact) mass is 304 g/mol. The summed E-state index contributed by atoms with van der Waals surface area (Å²) in [5.74, 6) is 0. The van der Waals surface area contributed by atoms with E-state index in [0.29, 0.717) is 16.9 Å². The van der Waals surface area contributed by atoms with Crippen molar-refractivity contribution in [3.8, 4) is 0 Å². The van der Waals surface area contributed by atoms with E-state index in [1.54, 1.807) is 31.2 Å². The molecule has 0 aromatic heterocycles. The van der Waals surface area contributed by atoms with E-state index in [-0.39, 0.29) is 4.90 Å². The first-order chi connectivity index (χ1) is 9.69. The van der Waals surface area contributed by atoms with Gasteiger partial charge in [-0.2, -0.15) is 0 Å². The second-order valence-corrected chi connectivity index (χ2v) is 7.11. The molecule has 0 saturated carbocycles. The van der Waals surface area contributed by atoms with Crippen LogP contribution in [0.4, 0.5) is 11.4 Å². The molecule has 0 spiro atoms. The van der Waals surface area contributed by atoms with E-state index >= 15 is 0 Å². The predicted octanol–water partition coefficient (Wildman–Crippen LogP) is 3.30. The van der Waals surface area contributed by atoms with Crippen LogP contribution in [0.3, 0.4) is 0 Å². The Hall–Kier alpha value is -2.01. The van der Waals surface area contributed by atoms with Gasteiger partial charge in [0.05, 0.1) is 4.90 Å². The minimum atomic E-state index is -3.65. The first-order valence-corrected chi connectivity index (χ1v) is 8.15. The van der Waals surface area contributed by atoms with E-state index in [1.807, 2.05) is 26.8 Å². The highest BCUT2D eigenvalue weighted by Crippen LogP contribution is 2.25. The summed E-state index contributed by atoms with van der Waals surface area (Å²) in [5.41, 5.74) is 10.3. The number of anilines is 2. The van der Waals surface area contributed by atoms with E-state index in [1.165, 1.54) is 0 Å². The summed E-state index contributed by atoms with van der Waals surface area (Å²) < 4.78 is 27.8. The van der Waals surface area contributed by atoms with Crippen molar-refractivity contribution in [3.63, 3.8) is 0 Å². The summed E-state index contributed by atoms with van der Waals surface area (Å²) in [7, 11) is -3.65. The average Bonchev–Trinajstić information content (AvgIpc) is 2.31. The fraction of sp³-hybridized carbons (Fsp3) is 0.250. The maximum atomic E-state index is 12.6. The predicted molar refractivity (Wildman–Crippen MR) is 87.1 cm³/mol. The molecule has 0 saturated heterocycles. The Kier molecular flexibility index (Phi) is 3.96. The lowest BCUT2D eigenvalue weighted by molar-refractivity contribution is 0.600. The lowest BCUT2D eigenvalue weighted by Crippen LogP contribution is -2.15. The summed E-state index contributed by atoms with van der Waals surface area (Å²) in [6.45, 7) is 7.40. The topological polar surface area (TPSA) is 72.2 Å². The molecule has 5 heteroatoms. The average molecular weight is 304 g/mol. The number of rotatable bonds is 3. The number of aryl methyl sites for hydroxylation is 3. The molecule has 0 aliphatic rings. The van der Waals surface area contributed by atoms with Crippen molar-refractivity contribution in [2.24, 2.45) is 0 Å². The van der Waals surface area contributed by atoms with E-state index < -0.39 is 10.0 Å². The Bertz CT molecular complexity index is 776. The van der Waals surface area contributed by atoms with Gasteiger partial charge in [-0.1, -0.05) is 6.07 Å². The van der Waals surface area contributed by atoms with Crippen LogP contribution in [0.5, 0.6) is 0 Å². The number of nitrogen functional groups attached to an aromatic ring is 1. The maximum Gasteiger partial charge on any atom is 0.262 e. The Morgan fingerprint density at radius 3 is 1.95 bits per heavy atom. The van der Waals surface area contributed by atoms with Crippen LogP contribution in [0, 0.1) is 27.7 Å².